The van der Waals surface area contributed by atoms with E-state index in [1.807, 2.05) is 9.80 Å². The molecule has 2 saturated heterocycles. The maximum Gasteiger partial charge on any atom is 0.300 e. The lowest BCUT2D eigenvalue weighted by Gasteiger charge is -2.30. The van der Waals surface area contributed by atoms with Crippen LogP contribution >= 0.6 is 0 Å². The van der Waals surface area contributed by atoms with Crippen LogP contribution in [-0.4, -0.2) is 78.6 Å². The molecule has 0 spiro atoms. The number of carbonyl (C=O) groups is 1. The summed E-state index contributed by atoms with van der Waals surface area (Å²) >= 11 is 0. The van der Waals surface area contributed by atoms with Crippen molar-refractivity contribution in [1.82, 2.24) is 15.0 Å². The summed E-state index contributed by atoms with van der Waals surface area (Å²) in [5.41, 5.74) is 7.99. The van der Waals surface area contributed by atoms with Crippen molar-refractivity contribution < 1.29 is 28.5 Å². The number of anilines is 3. The van der Waals surface area contributed by atoms with E-state index in [4.69, 9.17) is 29.3 Å². The van der Waals surface area contributed by atoms with Crippen LogP contribution in [0.1, 0.15) is 18.2 Å². The number of nitrogens with zero attached hydrogens (tertiary/aromatic N) is 6. The minimum absolute atomic E-state index is 0.149. The first kappa shape index (κ1) is 23.3. The molecule has 2 fully saturated rings. The fourth-order valence-corrected chi connectivity index (χ4v) is 4.76. The van der Waals surface area contributed by atoms with Crippen LogP contribution in [-0.2, 0) is 14.3 Å². The Morgan fingerprint density at radius 2 is 2.03 bits per heavy atom. The van der Waals surface area contributed by atoms with Crippen LogP contribution in [0.5, 0.6) is 5.88 Å². The summed E-state index contributed by atoms with van der Waals surface area (Å²) in [5, 5.41) is 10.3. The number of nitrogens with two attached hydrogens (primary N) is 1. The van der Waals surface area contributed by atoms with Gasteiger partial charge >= 0.3 is 0 Å². The fraction of sp³-hybridized carbons (Fsp3) is 0.417. The highest BCUT2D eigenvalue weighted by atomic mass is 16.5. The number of aliphatic hydroxyl groups excluding tert-OH is 1. The van der Waals surface area contributed by atoms with E-state index in [0.29, 0.717) is 86.0 Å². The molecule has 37 heavy (non-hydrogen) atoms. The van der Waals surface area contributed by atoms with Gasteiger partial charge in [0, 0.05) is 50.1 Å². The van der Waals surface area contributed by atoms with Gasteiger partial charge in [0.25, 0.3) is 11.9 Å². The molecule has 0 aromatic carbocycles. The van der Waals surface area contributed by atoms with Gasteiger partial charge in [-0.25, -0.2) is 9.97 Å². The number of β-amino-alcohol motifs (C(OH)–C–C–N with tert-alkyl or cyclic N) is 1. The van der Waals surface area contributed by atoms with Crippen LogP contribution in [0.4, 0.5) is 17.5 Å². The Hall–Kier alpha value is -4.10. The van der Waals surface area contributed by atoms with Gasteiger partial charge in [-0.15, -0.1) is 0 Å². The van der Waals surface area contributed by atoms with E-state index in [1.165, 1.54) is 13.4 Å². The summed E-state index contributed by atoms with van der Waals surface area (Å²) in [6.07, 6.45) is 2.31. The van der Waals surface area contributed by atoms with Crippen LogP contribution in [0, 0.1) is 0 Å². The van der Waals surface area contributed by atoms with E-state index in [2.05, 4.69) is 9.97 Å². The highest BCUT2D eigenvalue weighted by Gasteiger charge is 2.38. The predicted octanol–water partition coefficient (Wildman–Crippen LogP) is 0.896. The topological polar surface area (TPSA) is 153 Å². The van der Waals surface area contributed by atoms with Gasteiger partial charge in [-0.05, 0) is 12.5 Å². The predicted molar refractivity (Wildman–Crippen MR) is 132 cm³/mol. The summed E-state index contributed by atoms with van der Waals surface area (Å²) in [5.74, 6) is 0.321. The van der Waals surface area contributed by atoms with Crippen molar-refractivity contribution in [3.05, 3.63) is 41.9 Å². The van der Waals surface area contributed by atoms with E-state index >= 15 is 0 Å². The third kappa shape index (κ3) is 4.25. The van der Waals surface area contributed by atoms with E-state index in [-0.39, 0.29) is 5.70 Å². The summed E-state index contributed by atoms with van der Waals surface area (Å²) in [4.78, 5) is 31.9. The van der Waals surface area contributed by atoms with E-state index < -0.39 is 18.2 Å². The molecule has 3 aliphatic heterocycles. The number of amides is 1. The number of ether oxygens (including phenoxy) is 3. The number of carbonyl (C=O) groups excluding carboxylic acids is 1. The zero-order valence-corrected chi connectivity index (χ0v) is 20.2. The van der Waals surface area contributed by atoms with Gasteiger partial charge in [0.2, 0.25) is 17.8 Å². The number of primary amides is 1. The number of aliphatic hydroxyl groups is 1. The van der Waals surface area contributed by atoms with Crippen molar-refractivity contribution in [2.45, 2.75) is 18.8 Å². The lowest BCUT2D eigenvalue weighted by Crippen LogP contribution is -2.36. The smallest absolute Gasteiger partial charge is 0.300 e. The molecule has 3 aliphatic rings. The number of hydrogen-bond acceptors (Lipinski definition) is 12. The summed E-state index contributed by atoms with van der Waals surface area (Å²) in [6, 6.07) is 5.75. The number of pyridine rings is 2. The molecule has 3 aromatic rings. The summed E-state index contributed by atoms with van der Waals surface area (Å²) in [6.45, 7) is 3.46. The third-order valence-corrected chi connectivity index (χ3v) is 6.64. The Balaban J connectivity index is 1.47. The average molecular weight is 510 g/mol. The second kappa shape index (κ2) is 9.41. The number of aromatic nitrogens is 3. The van der Waals surface area contributed by atoms with Gasteiger partial charge in [-0.3, -0.25) is 9.69 Å². The standard InChI is InChI=1S/C24H27N7O6/c1-34-19-3-2-14(11-26-19)23-31(17(13-36-23)20(25)33)16-10-18-21(27-22(16)30-5-4-15(32)12-30)28-24(37-18)29-6-8-35-9-7-29/h2-3,10-11,13,15,23,32H,4-9,12H2,1H3,(H2,25,33). The molecule has 6 heterocycles. The maximum absolute atomic E-state index is 12.5. The molecule has 6 rings (SSSR count). The molecular weight excluding hydrogens is 482 g/mol. The van der Waals surface area contributed by atoms with Crippen molar-refractivity contribution in [2.75, 3.05) is 61.2 Å². The highest BCUT2D eigenvalue weighted by Crippen LogP contribution is 2.43. The van der Waals surface area contributed by atoms with Crippen molar-refractivity contribution in [2.24, 2.45) is 5.73 Å². The van der Waals surface area contributed by atoms with Crippen molar-refractivity contribution in [3.63, 3.8) is 0 Å². The number of oxazole rings is 1. The number of hydrogen-bond donors (Lipinski definition) is 2. The van der Waals surface area contributed by atoms with E-state index in [1.54, 1.807) is 29.3 Å². The average Bonchev–Trinajstić information content (AvgIpc) is 3.66. The SMILES string of the molecule is COc1ccc(C2OC=C(C(N)=O)N2c2cc3oc(N4CCOCC4)nc3nc2N2CCC(O)C2)cn1. The molecule has 2 atom stereocenters. The lowest BCUT2D eigenvalue weighted by molar-refractivity contribution is -0.114. The van der Waals surface area contributed by atoms with Crippen molar-refractivity contribution in [1.29, 1.82) is 0 Å². The van der Waals surface area contributed by atoms with Gasteiger partial charge in [0.1, 0.15) is 12.0 Å². The van der Waals surface area contributed by atoms with Gasteiger partial charge in [-0.2, -0.15) is 4.98 Å². The second-order valence-electron chi connectivity index (χ2n) is 9.00. The zero-order chi connectivity index (χ0) is 25.5. The van der Waals surface area contributed by atoms with Crippen LogP contribution in [0.3, 0.4) is 0 Å². The number of morpholine rings is 1. The molecule has 3 aromatic heterocycles. The third-order valence-electron chi connectivity index (χ3n) is 6.64. The first-order chi connectivity index (χ1) is 18.0. The molecule has 3 N–H and O–H groups in total. The van der Waals surface area contributed by atoms with Gasteiger partial charge in [-0.1, -0.05) is 0 Å². The Morgan fingerprint density at radius 1 is 1.19 bits per heavy atom. The molecule has 0 radical (unpaired) electrons. The monoisotopic (exact) mass is 509 g/mol. The molecule has 0 bridgehead atoms. The Morgan fingerprint density at radius 3 is 2.70 bits per heavy atom. The summed E-state index contributed by atoms with van der Waals surface area (Å²) < 4.78 is 22.6. The minimum atomic E-state index is -0.743. The Bertz CT molecular complexity index is 1340. The Labute approximate surface area is 212 Å². The number of fused-ring (bicyclic) bond motifs is 1. The van der Waals surface area contributed by atoms with Crippen LogP contribution in [0.15, 0.2) is 40.8 Å². The lowest BCUT2D eigenvalue weighted by atomic mass is 10.2. The number of rotatable bonds is 6. The minimum Gasteiger partial charge on any atom is -0.481 e. The van der Waals surface area contributed by atoms with Crippen molar-refractivity contribution in [3.8, 4) is 5.88 Å². The van der Waals surface area contributed by atoms with Gasteiger partial charge in [0.15, 0.2) is 11.4 Å². The zero-order valence-electron chi connectivity index (χ0n) is 20.2. The van der Waals surface area contributed by atoms with E-state index in [9.17, 15) is 9.90 Å². The van der Waals surface area contributed by atoms with E-state index in [0.717, 1.165) is 0 Å². The second-order valence-corrected chi connectivity index (χ2v) is 9.00. The van der Waals surface area contributed by atoms with Crippen molar-refractivity contribution >= 4 is 34.7 Å². The van der Waals surface area contributed by atoms with Crippen LogP contribution in [0.25, 0.3) is 11.2 Å². The summed E-state index contributed by atoms with van der Waals surface area (Å²) in [7, 11) is 1.54. The molecule has 194 valence electrons. The molecule has 2 unspecified atom stereocenters. The largest absolute Gasteiger partial charge is 0.481 e. The highest BCUT2D eigenvalue weighted by molar-refractivity contribution is 5.98. The molecule has 1 amide bonds. The van der Waals surface area contributed by atoms with Crippen LogP contribution < -0.4 is 25.2 Å². The van der Waals surface area contributed by atoms with Crippen LogP contribution in [0.2, 0.25) is 0 Å². The maximum atomic E-state index is 12.5. The van der Waals surface area contributed by atoms with Gasteiger partial charge < -0.3 is 39.3 Å². The number of methoxy groups -OCH3 is 1. The van der Waals surface area contributed by atoms with Gasteiger partial charge in [0.05, 0.1) is 32.1 Å². The first-order valence-corrected chi connectivity index (χ1v) is 12.0. The molecular formula is C24H27N7O6. The molecule has 13 heteroatoms. The normalized spacial score (nSPS) is 21.9. The Kier molecular flexibility index (Phi) is 5.93. The fourth-order valence-electron chi connectivity index (χ4n) is 4.76. The molecule has 0 saturated carbocycles. The molecule has 13 nitrogen and oxygen atoms in total. The molecule has 0 aliphatic carbocycles. The first-order valence-electron chi connectivity index (χ1n) is 12.0. The quantitative estimate of drug-likeness (QED) is 0.485.